The van der Waals surface area contributed by atoms with Crippen LogP contribution in [-0.2, 0) is 7.05 Å². The van der Waals surface area contributed by atoms with Gasteiger partial charge in [0.05, 0.1) is 24.0 Å². The summed E-state index contributed by atoms with van der Waals surface area (Å²) in [5.74, 6) is 1.04. The number of nitrogens with one attached hydrogen (secondary N) is 1. The average molecular weight is 289 g/mol. The fourth-order valence-corrected chi connectivity index (χ4v) is 2.90. The second-order valence-corrected chi connectivity index (χ2v) is 5.72. The van der Waals surface area contributed by atoms with Gasteiger partial charge in [0.15, 0.2) is 0 Å². The summed E-state index contributed by atoms with van der Waals surface area (Å²) in [7, 11) is 1.89. The van der Waals surface area contributed by atoms with Crippen LogP contribution in [0.15, 0.2) is 29.0 Å². The molecule has 1 aliphatic heterocycles. The summed E-state index contributed by atoms with van der Waals surface area (Å²) in [5, 5.41) is 11.7. The fourth-order valence-electron chi connectivity index (χ4n) is 2.90. The predicted octanol–water partition coefficient (Wildman–Crippen LogP) is 1.90. The Bertz CT molecular complexity index is 544. The number of hydrogen-bond donors (Lipinski definition) is 1. The number of aryl methyl sites for hydroxylation is 1. The van der Waals surface area contributed by atoms with Crippen LogP contribution in [0.4, 0.5) is 0 Å². The van der Waals surface area contributed by atoms with Crippen LogP contribution >= 0.6 is 0 Å². The number of aromatic nitrogens is 3. The number of hydrogen-bond acceptors (Lipinski definition) is 5. The molecule has 0 saturated carbocycles. The van der Waals surface area contributed by atoms with E-state index in [4.69, 9.17) is 4.42 Å². The number of rotatable bonds is 6. The van der Waals surface area contributed by atoms with Gasteiger partial charge < -0.3 is 9.73 Å². The van der Waals surface area contributed by atoms with Crippen molar-refractivity contribution in [3.63, 3.8) is 0 Å². The van der Waals surface area contributed by atoms with Crippen molar-refractivity contribution in [1.82, 2.24) is 25.2 Å². The first-order valence-corrected chi connectivity index (χ1v) is 7.61. The van der Waals surface area contributed by atoms with Crippen LogP contribution in [-0.4, -0.2) is 39.5 Å². The van der Waals surface area contributed by atoms with Crippen molar-refractivity contribution >= 4 is 0 Å². The molecule has 114 valence electrons. The van der Waals surface area contributed by atoms with Gasteiger partial charge in [0.2, 0.25) is 0 Å². The van der Waals surface area contributed by atoms with Gasteiger partial charge in [-0.3, -0.25) is 9.58 Å². The molecule has 0 bridgehead atoms. The molecule has 1 fully saturated rings. The molecular formula is C15H23N5O. The molecule has 3 rings (SSSR count). The minimum absolute atomic E-state index is 0.179. The van der Waals surface area contributed by atoms with Gasteiger partial charge in [-0.15, -0.1) is 5.10 Å². The monoisotopic (exact) mass is 289 g/mol. The van der Waals surface area contributed by atoms with E-state index in [1.54, 1.807) is 10.9 Å². The van der Waals surface area contributed by atoms with Gasteiger partial charge in [-0.05, 0) is 45.0 Å². The van der Waals surface area contributed by atoms with Gasteiger partial charge in [0.1, 0.15) is 5.76 Å². The maximum Gasteiger partial charge on any atom is 0.122 e. The molecule has 0 aromatic carbocycles. The SMILES string of the molecule is CC(NCC(c1ccco1)N1CCCC1)c1cn(C)nn1. The molecule has 0 radical (unpaired) electrons. The topological polar surface area (TPSA) is 59.1 Å². The van der Waals surface area contributed by atoms with Gasteiger partial charge in [-0.1, -0.05) is 5.21 Å². The second kappa shape index (κ2) is 6.41. The van der Waals surface area contributed by atoms with Crippen LogP contribution in [0.25, 0.3) is 0 Å². The molecule has 2 aromatic rings. The molecule has 2 aromatic heterocycles. The molecule has 1 saturated heterocycles. The fraction of sp³-hybridized carbons (Fsp3) is 0.600. The first kappa shape index (κ1) is 14.3. The Kier molecular flexibility index (Phi) is 4.36. The van der Waals surface area contributed by atoms with E-state index in [-0.39, 0.29) is 6.04 Å². The van der Waals surface area contributed by atoms with Crippen molar-refractivity contribution in [2.24, 2.45) is 7.05 Å². The lowest BCUT2D eigenvalue weighted by Crippen LogP contribution is -2.35. The first-order valence-electron chi connectivity index (χ1n) is 7.61. The average Bonchev–Trinajstić information content (AvgIpc) is 3.21. The molecule has 6 heteroatoms. The van der Waals surface area contributed by atoms with E-state index in [0.717, 1.165) is 31.1 Å². The first-order chi connectivity index (χ1) is 10.2. The van der Waals surface area contributed by atoms with Gasteiger partial charge in [0.25, 0.3) is 0 Å². The minimum atomic E-state index is 0.179. The summed E-state index contributed by atoms with van der Waals surface area (Å²) in [4.78, 5) is 2.50. The largest absolute Gasteiger partial charge is 0.468 e. The lowest BCUT2D eigenvalue weighted by Gasteiger charge is -2.27. The van der Waals surface area contributed by atoms with Crippen LogP contribution in [0, 0.1) is 0 Å². The zero-order valence-electron chi connectivity index (χ0n) is 12.7. The van der Waals surface area contributed by atoms with Crippen molar-refractivity contribution in [3.8, 4) is 0 Å². The number of nitrogens with zero attached hydrogens (tertiary/aromatic N) is 4. The molecule has 2 unspecified atom stereocenters. The van der Waals surface area contributed by atoms with E-state index in [2.05, 4.69) is 33.5 Å². The molecule has 1 N–H and O–H groups in total. The summed E-state index contributed by atoms with van der Waals surface area (Å²) in [6.07, 6.45) is 6.26. The zero-order valence-corrected chi connectivity index (χ0v) is 12.7. The molecular weight excluding hydrogens is 266 g/mol. The molecule has 1 aliphatic rings. The van der Waals surface area contributed by atoms with E-state index in [1.807, 2.05) is 19.3 Å². The standard InChI is InChI=1S/C15H23N5O/c1-12(13-11-19(2)18-17-13)16-10-14(15-6-5-9-21-15)20-7-3-4-8-20/h5-6,9,11-12,14,16H,3-4,7-8,10H2,1-2H3. The van der Waals surface area contributed by atoms with Gasteiger partial charge in [-0.25, -0.2) is 0 Å². The highest BCUT2D eigenvalue weighted by molar-refractivity contribution is 5.07. The molecule has 0 aliphatic carbocycles. The van der Waals surface area contributed by atoms with Crippen LogP contribution in [0.3, 0.4) is 0 Å². The van der Waals surface area contributed by atoms with Gasteiger partial charge in [0, 0.05) is 19.8 Å². The summed E-state index contributed by atoms with van der Waals surface area (Å²) >= 11 is 0. The quantitative estimate of drug-likeness (QED) is 0.880. The Labute approximate surface area is 125 Å². The highest BCUT2D eigenvalue weighted by Gasteiger charge is 2.26. The van der Waals surface area contributed by atoms with Crippen LogP contribution in [0.2, 0.25) is 0 Å². The zero-order chi connectivity index (χ0) is 14.7. The van der Waals surface area contributed by atoms with E-state index < -0.39 is 0 Å². The summed E-state index contributed by atoms with van der Waals surface area (Å²) < 4.78 is 7.37. The number of furan rings is 1. The molecule has 6 nitrogen and oxygen atoms in total. The molecule has 3 heterocycles. The van der Waals surface area contributed by atoms with Crippen molar-refractivity contribution < 1.29 is 4.42 Å². The normalized spacial score (nSPS) is 19.0. The highest BCUT2D eigenvalue weighted by atomic mass is 16.3. The molecule has 2 atom stereocenters. The Morgan fingerprint density at radius 2 is 2.19 bits per heavy atom. The lowest BCUT2D eigenvalue weighted by molar-refractivity contribution is 0.205. The second-order valence-electron chi connectivity index (χ2n) is 5.72. The van der Waals surface area contributed by atoms with Crippen molar-refractivity contribution in [3.05, 3.63) is 36.0 Å². The molecule has 0 spiro atoms. The van der Waals surface area contributed by atoms with Crippen LogP contribution in [0.1, 0.15) is 43.3 Å². The highest BCUT2D eigenvalue weighted by Crippen LogP contribution is 2.25. The third-order valence-electron chi connectivity index (χ3n) is 4.13. The van der Waals surface area contributed by atoms with Crippen molar-refractivity contribution in [1.29, 1.82) is 0 Å². The Morgan fingerprint density at radius 3 is 2.81 bits per heavy atom. The Balaban J connectivity index is 1.64. The summed E-state index contributed by atoms with van der Waals surface area (Å²) in [6.45, 7) is 5.26. The Morgan fingerprint density at radius 1 is 1.38 bits per heavy atom. The smallest absolute Gasteiger partial charge is 0.122 e. The van der Waals surface area contributed by atoms with Gasteiger partial charge in [-0.2, -0.15) is 0 Å². The van der Waals surface area contributed by atoms with Crippen LogP contribution < -0.4 is 5.32 Å². The third kappa shape index (κ3) is 3.33. The van der Waals surface area contributed by atoms with E-state index >= 15 is 0 Å². The maximum atomic E-state index is 5.64. The van der Waals surface area contributed by atoms with E-state index in [1.165, 1.54) is 12.8 Å². The van der Waals surface area contributed by atoms with Crippen LogP contribution in [0.5, 0.6) is 0 Å². The van der Waals surface area contributed by atoms with E-state index in [0.29, 0.717) is 6.04 Å². The minimum Gasteiger partial charge on any atom is -0.468 e. The van der Waals surface area contributed by atoms with E-state index in [9.17, 15) is 0 Å². The predicted molar refractivity (Wildman–Crippen MR) is 79.7 cm³/mol. The summed E-state index contributed by atoms with van der Waals surface area (Å²) in [5.41, 5.74) is 0.970. The summed E-state index contributed by atoms with van der Waals surface area (Å²) in [6, 6.07) is 4.50. The van der Waals surface area contributed by atoms with Crippen molar-refractivity contribution in [2.75, 3.05) is 19.6 Å². The molecule has 21 heavy (non-hydrogen) atoms. The van der Waals surface area contributed by atoms with Crippen molar-refractivity contribution in [2.45, 2.75) is 31.8 Å². The molecule has 0 amide bonds. The third-order valence-corrected chi connectivity index (χ3v) is 4.13. The number of likely N-dealkylation sites (tertiary alicyclic amines) is 1. The van der Waals surface area contributed by atoms with Gasteiger partial charge >= 0.3 is 0 Å². The maximum absolute atomic E-state index is 5.64. The lowest BCUT2D eigenvalue weighted by atomic mass is 10.1. The Hall–Kier alpha value is -1.66.